The molecule has 0 aliphatic rings. The molecule has 3 aromatic rings. The van der Waals surface area contributed by atoms with Gasteiger partial charge in [-0.3, -0.25) is 13.9 Å². The van der Waals surface area contributed by atoms with Crippen LogP contribution in [0.4, 0.5) is 10.1 Å². The molecule has 220 valence electrons. The van der Waals surface area contributed by atoms with Gasteiger partial charge in [0.05, 0.1) is 17.7 Å². The van der Waals surface area contributed by atoms with E-state index in [1.54, 1.807) is 25.1 Å². The first-order valence-corrected chi connectivity index (χ1v) is 15.0. The van der Waals surface area contributed by atoms with Crippen LogP contribution in [-0.2, 0) is 26.2 Å². The molecule has 0 aliphatic heterocycles. The highest BCUT2D eigenvalue weighted by atomic mass is 35.5. The Morgan fingerprint density at radius 1 is 0.976 bits per heavy atom. The van der Waals surface area contributed by atoms with Crippen molar-refractivity contribution in [1.82, 2.24) is 10.2 Å². The number of anilines is 1. The molecule has 12 heteroatoms. The van der Waals surface area contributed by atoms with E-state index < -0.39 is 40.2 Å². The lowest BCUT2D eigenvalue weighted by atomic mass is 10.1. The summed E-state index contributed by atoms with van der Waals surface area (Å²) < 4.78 is 47.4. The van der Waals surface area contributed by atoms with E-state index in [9.17, 15) is 22.4 Å². The van der Waals surface area contributed by atoms with Crippen LogP contribution in [0.3, 0.4) is 0 Å². The Morgan fingerprint density at radius 2 is 1.56 bits per heavy atom. The van der Waals surface area contributed by atoms with Gasteiger partial charge in [0.25, 0.3) is 10.0 Å². The first kappa shape index (κ1) is 32.2. The zero-order chi connectivity index (χ0) is 30.3. The number of rotatable bonds is 12. The maximum atomic E-state index is 14.0. The zero-order valence-corrected chi connectivity index (χ0v) is 25.4. The lowest BCUT2D eigenvalue weighted by Gasteiger charge is -2.32. The molecule has 0 spiro atoms. The van der Waals surface area contributed by atoms with Crippen molar-refractivity contribution >= 4 is 50.7 Å². The molecule has 0 heterocycles. The van der Waals surface area contributed by atoms with Crippen LogP contribution < -0.4 is 14.4 Å². The Morgan fingerprint density at radius 3 is 2.10 bits per heavy atom. The van der Waals surface area contributed by atoms with Crippen LogP contribution >= 0.6 is 23.2 Å². The number of hydrogen-bond donors (Lipinski definition) is 1. The summed E-state index contributed by atoms with van der Waals surface area (Å²) in [7, 11) is -2.87. The third-order valence-electron chi connectivity index (χ3n) is 6.60. The number of ether oxygens (including phenoxy) is 1. The average Bonchev–Trinajstić information content (AvgIpc) is 2.95. The summed E-state index contributed by atoms with van der Waals surface area (Å²) in [5.74, 6) is -1.26. The molecule has 3 aromatic carbocycles. The van der Waals surface area contributed by atoms with Crippen molar-refractivity contribution in [3.8, 4) is 5.75 Å². The average molecular weight is 625 g/mol. The van der Waals surface area contributed by atoms with Gasteiger partial charge in [-0.05, 0) is 80.9 Å². The summed E-state index contributed by atoms with van der Waals surface area (Å²) >= 11 is 12.8. The third kappa shape index (κ3) is 7.90. The quantitative estimate of drug-likeness (QED) is 0.280. The SMILES string of the molecule is CC[C@@H](C)NC(=O)[C@@H](C)N(Cc1c(Cl)cccc1Cl)C(=O)CN(c1ccc(F)cc1)S(=O)(=O)c1ccc(OC)cc1. The predicted molar refractivity (Wildman–Crippen MR) is 158 cm³/mol. The molecule has 0 aliphatic carbocycles. The van der Waals surface area contributed by atoms with Gasteiger partial charge in [0.2, 0.25) is 11.8 Å². The van der Waals surface area contributed by atoms with Crippen LogP contribution in [0, 0.1) is 5.82 Å². The lowest BCUT2D eigenvalue weighted by molar-refractivity contribution is -0.139. The summed E-state index contributed by atoms with van der Waals surface area (Å²) in [4.78, 5) is 28.2. The van der Waals surface area contributed by atoms with Gasteiger partial charge < -0.3 is 15.0 Å². The smallest absolute Gasteiger partial charge is 0.264 e. The number of sulfonamides is 1. The molecular weight excluding hydrogens is 592 g/mol. The van der Waals surface area contributed by atoms with Gasteiger partial charge in [-0.15, -0.1) is 0 Å². The van der Waals surface area contributed by atoms with E-state index >= 15 is 0 Å². The fraction of sp³-hybridized carbons (Fsp3) is 0.310. The van der Waals surface area contributed by atoms with Crippen molar-refractivity contribution in [2.45, 2.75) is 50.7 Å². The lowest BCUT2D eigenvalue weighted by Crippen LogP contribution is -2.52. The summed E-state index contributed by atoms with van der Waals surface area (Å²) in [5, 5.41) is 3.42. The number of halogens is 3. The van der Waals surface area contributed by atoms with Crippen LogP contribution in [0.25, 0.3) is 0 Å². The van der Waals surface area contributed by atoms with E-state index in [4.69, 9.17) is 27.9 Å². The Labute approximate surface area is 250 Å². The second kappa shape index (κ2) is 14.0. The molecule has 2 atom stereocenters. The second-order valence-electron chi connectivity index (χ2n) is 9.38. The van der Waals surface area contributed by atoms with Gasteiger partial charge in [-0.1, -0.05) is 36.2 Å². The molecule has 0 bridgehead atoms. The zero-order valence-electron chi connectivity index (χ0n) is 23.1. The molecule has 0 fully saturated rings. The Kier molecular flexibility index (Phi) is 11.0. The highest BCUT2D eigenvalue weighted by Crippen LogP contribution is 2.29. The van der Waals surface area contributed by atoms with E-state index in [1.165, 1.54) is 48.4 Å². The van der Waals surface area contributed by atoms with Crippen LogP contribution in [0.1, 0.15) is 32.8 Å². The second-order valence-corrected chi connectivity index (χ2v) is 12.1. The van der Waals surface area contributed by atoms with Crippen LogP contribution in [0.5, 0.6) is 5.75 Å². The number of amides is 2. The van der Waals surface area contributed by atoms with Gasteiger partial charge >= 0.3 is 0 Å². The van der Waals surface area contributed by atoms with E-state index in [-0.39, 0.29) is 33.2 Å². The normalized spacial score (nSPS) is 12.8. The van der Waals surface area contributed by atoms with E-state index in [0.717, 1.165) is 16.4 Å². The molecular formula is C29H32Cl2FN3O5S. The number of methoxy groups -OCH3 is 1. The van der Waals surface area contributed by atoms with Crippen molar-refractivity contribution in [1.29, 1.82) is 0 Å². The van der Waals surface area contributed by atoms with Crippen molar-refractivity contribution in [3.05, 3.63) is 88.2 Å². The number of carbonyl (C=O) groups is 2. The first-order chi connectivity index (χ1) is 19.4. The number of hydrogen-bond acceptors (Lipinski definition) is 5. The summed E-state index contributed by atoms with van der Waals surface area (Å²) in [6, 6.07) is 14.1. The van der Waals surface area contributed by atoms with Crippen LogP contribution in [-0.4, -0.2) is 50.9 Å². The van der Waals surface area contributed by atoms with Crippen molar-refractivity contribution < 1.29 is 27.1 Å². The molecule has 2 amide bonds. The molecule has 8 nitrogen and oxygen atoms in total. The van der Waals surface area contributed by atoms with E-state index in [2.05, 4.69) is 5.32 Å². The van der Waals surface area contributed by atoms with E-state index in [0.29, 0.717) is 17.7 Å². The van der Waals surface area contributed by atoms with Gasteiger partial charge in [0, 0.05) is 28.2 Å². The standard InChI is InChI=1S/C29H32Cl2FN3O5S/c1-5-19(2)33-29(37)20(3)34(17-25-26(30)7-6-8-27(25)31)28(36)18-35(22-11-9-21(32)10-12-22)41(38,39)24-15-13-23(40-4)14-16-24/h6-16,19-20H,5,17-18H2,1-4H3,(H,33,37)/t19-,20-/m1/s1. The number of nitrogens with one attached hydrogen (secondary N) is 1. The van der Waals surface area contributed by atoms with Crippen molar-refractivity contribution in [3.63, 3.8) is 0 Å². The minimum atomic E-state index is -4.32. The van der Waals surface area contributed by atoms with Gasteiger partial charge in [-0.25, -0.2) is 12.8 Å². The number of carbonyl (C=O) groups excluding carboxylic acids is 2. The molecule has 0 aromatic heterocycles. The minimum absolute atomic E-state index is 0.0583. The first-order valence-electron chi connectivity index (χ1n) is 12.8. The highest BCUT2D eigenvalue weighted by molar-refractivity contribution is 7.92. The fourth-order valence-corrected chi connectivity index (χ4v) is 5.84. The van der Waals surface area contributed by atoms with Crippen LogP contribution in [0.15, 0.2) is 71.6 Å². The summed E-state index contributed by atoms with van der Waals surface area (Å²) in [6.45, 7) is 4.43. The maximum absolute atomic E-state index is 14.0. The van der Waals surface area contributed by atoms with Crippen molar-refractivity contribution in [2.75, 3.05) is 18.0 Å². The Balaban J connectivity index is 2.06. The van der Waals surface area contributed by atoms with E-state index in [1.807, 2.05) is 13.8 Å². The van der Waals surface area contributed by atoms with Gasteiger partial charge in [0.15, 0.2) is 0 Å². The summed E-state index contributed by atoms with van der Waals surface area (Å²) in [6.07, 6.45) is 0.668. The number of nitrogens with zero attached hydrogens (tertiary/aromatic N) is 2. The Hall–Kier alpha value is -3.34. The molecule has 0 saturated carbocycles. The highest BCUT2D eigenvalue weighted by Gasteiger charge is 2.33. The molecule has 0 unspecified atom stereocenters. The molecule has 3 rings (SSSR count). The molecule has 0 saturated heterocycles. The monoisotopic (exact) mass is 623 g/mol. The predicted octanol–water partition coefficient (Wildman–Crippen LogP) is 5.67. The largest absolute Gasteiger partial charge is 0.497 e. The molecule has 41 heavy (non-hydrogen) atoms. The maximum Gasteiger partial charge on any atom is 0.264 e. The summed E-state index contributed by atoms with van der Waals surface area (Å²) in [5.41, 5.74) is 0.460. The third-order valence-corrected chi connectivity index (χ3v) is 9.10. The van der Waals surface area contributed by atoms with Crippen molar-refractivity contribution in [2.24, 2.45) is 0 Å². The molecule has 0 radical (unpaired) electrons. The Bertz CT molecular complexity index is 1450. The van der Waals surface area contributed by atoms with Gasteiger partial charge in [-0.2, -0.15) is 0 Å². The van der Waals surface area contributed by atoms with Gasteiger partial charge in [0.1, 0.15) is 24.2 Å². The topological polar surface area (TPSA) is 96.0 Å². The minimum Gasteiger partial charge on any atom is -0.497 e. The molecule has 1 N–H and O–H groups in total. The number of benzene rings is 3. The van der Waals surface area contributed by atoms with Crippen LogP contribution in [0.2, 0.25) is 10.0 Å². The fourth-order valence-electron chi connectivity index (χ4n) is 3.91.